The van der Waals surface area contributed by atoms with Gasteiger partial charge in [0.1, 0.15) is 62.7 Å². The van der Waals surface area contributed by atoms with Gasteiger partial charge in [0.2, 0.25) is 0 Å². The lowest BCUT2D eigenvalue weighted by molar-refractivity contribution is 0.335. The molecule has 28 heteroatoms. The lowest BCUT2D eigenvalue weighted by Gasteiger charge is -2.24. The first-order valence-electron chi connectivity index (χ1n) is 33.6. The summed E-state index contributed by atoms with van der Waals surface area (Å²) in [5.74, 6) is 3.13. The first-order valence-corrected chi connectivity index (χ1v) is 35.9. The Hall–Kier alpha value is -9.94. The summed E-state index contributed by atoms with van der Waals surface area (Å²) in [4.78, 5) is 43.6. The van der Waals surface area contributed by atoms with Crippen molar-refractivity contribution in [2.75, 3.05) is 64.2 Å². The van der Waals surface area contributed by atoms with E-state index in [2.05, 4.69) is 78.4 Å². The van der Waals surface area contributed by atoms with E-state index >= 15 is 4.39 Å². The molecule has 9 aromatic heterocycles. The molecule has 12 rings (SSSR count). The number of hydrogen-bond donors (Lipinski definition) is 4. The predicted molar refractivity (Wildman–Crippen MR) is 423 cm³/mol. The van der Waals surface area contributed by atoms with Gasteiger partial charge in [-0.15, -0.1) is 0 Å². The van der Waals surface area contributed by atoms with E-state index in [4.69, 9.17) is 106 Å². The highest BCUT2D eigenvalue weighted by Gasteiger charge is 2.31. The number of hydrogen-bond acceptors (Lipinski definition) is 18. The summed E-state index contributed by atoms with van der Waals surface area (Å²) in [5.41, 5.74) is 31.7. The van der Waals surface area contributed by atoms with E-state index < -0.39 is 5.82 Å². The molecule has 12 aromatic rings. The average Bonchev–Trinajstić information content (AvgIpc) is 1.75. The summed E-state index contributed by atoms with van der Waals surface area (Å²) < 4.78 is 39.4. The fourth-order valence-electron chi connectivity index (χ4n) is 12.5. The molecule has 3 aromatic carbocycles. The van der Waals surface area contributed by atoms with Crippen molar-refractivity contribution in [3.05, 3.63) is 229 Å². The maximum Gasteiger partial charge on any atom is 0.158 e. The van der Waals surface area contributed by atoms with Crippen LogP contribution in [0, 0.1) is 19.7 Å². The Balaban J connectivity index is 0.000000169. The molecule has 9 heterocycles. The molecular weight excluding hydrogens is 1460 g/mol. The number of anilines is 3. The predicted octanol–water partition coefficient (Wildman–Crippen LogP) is 18.8. The Labute approximate surface area is 638 Å². The van der Waals surface area contributed by atoms with Crippen LogP contribution >= 0.6 is 69.6 Å². The molecule has 3 atom stereocenters. The lowest BCUT2D eigenvalue weighted by atomic mass is 9.91. The summed E-state index contributed by atoms with van der Waals surface area (Å²) in [6, 6.07) is 16.6. The minimum Gasteiger partial charge on any atom is -0.506 e. The number of benzene rings is 3. The quantitative estimate of drug-likeness (QED) is 0.0460. The summed E-state index contributed by atoms with van der Waals surface area (Å²) in [6.07, 6.45) is 15.2. The van der Waals surface area contributed by atoms with Gasteiger partial charge < -0.3 is 46.3 Å². The second kappa shape index (κ2) is 33.0. The molecule has 0 radical (unpaired) electrons. The van der Waals surface area contributed by atoms with Crippen molar-refractivity contribution < 1.29 is 23.7 Å². The molecule has 105 heavy (non-hydrogen) atoms. The number of nitrogens with two attached hydrogens (primary N) is 3. The van der Waals surface area contributed by atoms with Crippen molar-refractivity contribution in [1.29, 1.82) is 0 Å². The number of imidazole rings is 3. The molecule has 546 valence electrons. The van der Waals surface area contributed by atoms with Crippen molar-refractivity contribution in [3.8, 4) is 50.6 Å². The first-order chi connectivity index (χ1) is 50.1. The maximum absolute atomic E-state index is 15.5. The fraction of sp³-hybridized carbons (Fsp3) is 0.260. The third-order valence-corrected chi connectivity index (χ3v) is 19.9. The zero-order valence-corrected chi connectivity index (χ0v) is 64.6. The highest BCUT2D eigenvalue weighted by atomic mass is 35.5. The summed E-state index contributed by atoms with van der Waals surface area (Å²) in [6.45, 7) is 34.6. The van der Waals surface area contributed by atoms with Crippen LogP contribution in [0.4, 0.5) is 21.8 Å². The highest BCUT2D eigenvalue weighted by molar-refractivity contribution is 6.35. The third kappa shape index (κ3) is 15.5. The molecule has 0 amide bonds. The number of aliphatic hydroxyl groups is 1. The van der Waals surface area contributed by atoms with E-state index in [9.17, 15) is 5.11 Å². The number of aliphatic hydroxyl groups excluding tert-OH is 1. The molecule has 0 aliphatic heterocycles. The van der Waals surface area contributed by atoms with Crippen LogP contribution in [-0.4, -0.2) is 120 Å². The van der Waals surface area contributed by atoms with E-state index in [1.54, 1.807) is 78.2 Å². The van der Waals surface area contributed by atoms with Crippen molar-refractivity contribution in [2.24, 2.45) is 0 Å². The minimum atomic E-state index is -0.591. The Morgan fingerprint density at radius 3 is 1.13 bits per heavy atom. The lowest BCUT2D eigenvalue weighted by Crippen LogP contribution is -2.21. The smallest absolute Gasteiger partial charge is 0.158 e. The van der Waals surface area contributed by atoms with E-state index in [1.807, 2.05) is 120 Å². The van der Waals surface area contributed by atoms with Crippen LogP contribution in [-0.2, 0) is 0 Å². The van der Waals surface area contributed by atoms with Gasteiger partial charge in [0, 0.05) is 155 Å². The van der Waals surface area contributed by atoms with Crippen LogP contribution in [0.2, 0.25) is 30.5 Å². The van der Waals surface area contributed by atoms with Crippen LogP contribution in [0.1, 0.15) is 136 Å². The summed E-state index contributed by atoms with van der Waals surface area (Å²) in [7, 11) is 3.76. The van der Waals surface area contributed by atoms with Crippen LogP contribution in [0.3, 0.4) is 0 Å². The van der Waals surface area contributed by atoms with Crippen LogP contribution < -0.4 is 31.4 Å². The zero-order chi connectivity index (χ0) is 76.2. The second-order valence-electron chi connectivity index (χ2n) is 24.6. The van der Waals surface area contributed by atoms with Crippen molar-refractivity contribution in [1.82, 2.24) is 67.9 Å². The monoisotopic (exact) mass is 1540 g/mol. The molecular formula is C77H80Cl6FN17O4. The zero-order valence-electron chi connectivity index (χ0n) is 60.1. The Bertz CT molecular complexity index is 5260. The average molecular weight is 1540 g/mol. The maximum atomic E-state index is 15.5. The number of ether oxygens (including phenoxy) is 3. The molecule has 7 N–H and O–H groups in total. The molecule has 0 aliphatic carbocycles. The SMILES string of the molecule is C=C(O)c1ccc(-c2c(C)c(Cl)cc([C@H](C)c3nc(Cl)c4c(N)nccn34)c2OCC)cn1.C=C(c1ccc(-c2c(C)c(Cl)cc([C@H](C)c3nc(Cl)c4c(N)nccn34)c2OCC)cn1)N(CC)CC.C=C(c1ccc(-c2c(F)c(Cl)cc(C(C)c3nc(Cl)c4c(N)nccn34)c2OCC)cn1)N(C)C. The summed E-state index contributed by atoms with van der Waals surface area (Å²) >= 11 is 39.1. The molecule has 1 unspecified atom stereocenters. The number of fused-ring (bicyclic) bond motifs is 3. The van der Waals surface area contributed by atoms with Gasteiger partial charge in [-0.05, 0) is 96.0 Å². The Morgan fingerprint density at radius 1 is 0.495 bits per heavy atom. The van der Waals surface area contributed by atoms with Gasteiger partial charge >= 0.3 is 0 Å². The van der Waals surface area contributed by atoms with Crippen LogP contribution in [0.15, 0.2) is 130 Å². The van der Waals surface area contributed by atoms with E-state index in [-0.39, 0.29) is 50.2 Å². The Kier molecular flexibility index (Phi) is 24.4. The second-order valence-corrected chi connectivity index (χ2v) is 26.9. The molecule has 0 bridgehead atoms. The molecule has 0 saturated heterocycles. The number of halogens is 7. The normalized spacial score (nSPS) is 12.1. The fourth-order valence-corrected chi connectivity index (χ4v) is 14.0. The van der Waals surface area contributed by atoms with E-state index in [0.717, 1.165) is 80.4 Å². The molecule has 0 saturated carbocycles. The third-order valence-electron chi connectivity index (χ3n) is 18.1. The number of rotatable bonds is 22. The van der Waals surface area contributed by atoms with E-state index in [1.165, 1.54) is 0 Å². The van der Waals surface area contributed by atoms with Crippen molar-refractivity contribution >= 4 is 121 Å². The molecule has 21 nitrogen and oxygen atoms in total. The van der Waals surface area contributed by atoms with Gasteiger partial charge in [-0.2, -0.15) is 0 Å². The van der Waals surface area contributed by atoms with Gasteiger partial charge in [0.05, 0.1) is 53.2 Å². The number of nitrogen functional groups attached to an aromatic ring is 3. The largest absolute Gasteiger partial charge is 0.506 e. The van der Waals surface area contributed by atoms with Gasteiger partial charge in [-0.25, -0.2) is 34.3 Å². The Morgan fingerprint density at radius 2 is 0.819 bits per heavy atom. The highest BCUT2D eigenvalue weighted by Crippen LogP contribution is 2.49. The van der Waals surface area contributed by atoms with Gasteiger partial charge in [0.15, 0.2) is 38.7 Å². The van der Waals surface area contributed by atoms with Gasteiger partial charge in [-0.1, -0.05) is 128 Å². The number of aromatic nitrogens is 12. The van der Waals surface area contributed by atoms with Gasteiger partial charge in [0.25, 0.3) is 0 Å². The minimum absolute atomic E-state index is 0.0415. The molecule has 0 fully saturated rings. The summed E-state index contributed by atoms with van der Waals surface area (Å²) in [5, 5.41) is 11.6. The van der Waals surface area contributed by atoms with Crippen molar-refractivity contribution in [3.63, 3.8) is 0 Å². The number of pyridine rings is 3. The van der Waals surface area contributed by atoms with E-state index in [0.29, 0.717) is 115 Å². The van der Waals surface area contributed by atoms with Gasteiger partial charge in [-0.3, -0.25) is 28.2 Å². The topological polar surface area (TPSA) is 262 Å². The standard InChI is InChI=1S/C28H32Cl2N6O.C25H25Cl2FN6O.C24H23Cl2N5O2/c1-7-35(8-2)18(6)22-11-10-19(15-33-22)23-17(5)21(29)14-20(25(23)37-9-3)16(4)28-34-26(30)24-27(31)32-12-13-36(24)28;1-6-35-22-16(13(2)25-32-23(27)21-24(29)30-9-10-34(21)25)11-17(26)20(28)19(22)15-7-8-18(31-12-15)14(3)33(4)5;1-5-33-21-16(12(2)24-30-22(26)20-23(27)28-8-9-31(20)24)10-17(25)13(3)19(21)15-6-7-18(14(4)32)29-11-15/h10-16H,6-9H2,1-5H3,(H2,31,32);7-13H,3,6H2,1-2,4-5H3,(H2,29,30);6-12,32H,4-5H2,1-3H3,(H2,27,28)/t16-;;12-/m0.0/s1. The number of nitrogens with zero attached hydrogens (tertiary/aromatic N) is 14. The van der Waals surface area contributed by atoms with Crippen LogP contribution in [0.5, 0.6) is 17.2 Å². The first kappa shape index (κ1) is 77.7. The van der Waals surface area contributed by atoms with Crippen molar-refractivity contribution in [2.45, 2.75) is 87.0 Å². The molecule has 0 aliphatic rings. The van der Waals surface area contributed by atoms with Crippen LogP contribution in [0.25, 0.3) is 67.1 Å². The molecule has 0 spiro atoms.